The van der Waals surface area contributed by atoms with Gasteiger partial charge in [0.05, 0.1) is 6.61 Å². The van der Waals surface area contributed by atoms with Crippen molar-refractivity contribution in [1.29, 1.82) is 0 Å². The molecule has 5 heteroatoms. The normalized spacial score (nSPS) is 40.6. The minimum Gasteiger partial charge on any atom is -0.376 e. The van der Waals surface area contributed by atoms with E-state index in [9.17, 15) is 5.11 Å². The molecular formula is C8H16O5. The molecule has 78 valence electrons. The van der Waals surface area contributed by atoms with Crippen molar-refractivity contribution >= 4 is 0 Å². The van der Waals surface area contributed by atoms with E-state index in [-0.39, 0.29) is 12.2 Å². The van der Waals surface area contributed by atoms with Gasteiger partial charge in [0.2, 0.25) is 0 Å². The Balaban J connectivity index is 2.64. The minimum absolute atomic E-state index is 0.196. The van der Waals surface area contributed by atoms with Gasteiger partial charge in [-0.2, -0.15) is 0 Å². The fourth-order valence-corrected chi connectivity index (χ4v) is 1.50. The first-order chi connectivity index (χ1) is 6.24. The summed E-state index contributed by atoms with van der Waals surface area (Å²) in [7, 11) is 4.63. The number of rotatable bonds is 3. The molecule has 0 radical (unpaired) electrons. The van der Waals surface area contributed by atoms with Gasteiger partial charge in [0.25, 0.3) is 0 Å². The number of hydrogen-bond donors (Lipinski definition) is 1. The summed E-state index contributed by atoms with van der Waals surface area (Å²) in [6.07, 6.45) is -1.93. The third kappa shape index (κ3) is 2.18. The number of hydrogen-bond acceptors (Lipinski definition) is 5. The molecule has 4 atom stereocenters. The summed E-state index contributed by atoms with van der Waals surface area (Å²) in [5.41, 5.74) is 0. The van der Waals surface area contributed by atoms with Crippen molar-refractivity contribution in [3.8, 4) is 0 Å². The van der Waals surface area contributed by atoms with Crippen LogP contribution in [0.5, 0.6) is 0 Å². The van der Waals surface area contributed by atoms with Crippen molar-refractivity contribution in [3.05, 3.63) is 0 Å². The number of aliphatic hydroxyl groups excluding tert-OH is 1. The van der Waals surface area contributed by atoms with Crippen LogP contribution in [0.15, 0.2) is 0 Å². The molecule has 1 aliphatic rings. The standard InChI is InChI=1S/C8H16O5/c1-10-5-4-13-8(9)7(12-3)6(5)11-2/h5-9H,4H2,1-3H3/t5-,6+,7+,8-/m1/s1. The fraction of sp³-hybridized carbons (Fsp3) is 1.00. The predicted octanol–water partition coefficient (Wildman–Crippen LogP) is -0.620. The van der Waals surface area contributed by atoms with E-state index in [4.69, 9.17) is 18.9 Å². The summed E-state index contributed by atoms with van der Waals surface area (Å²) in [5, 5.41) is 9.40. The van der Waals surface area contributed by atoms with Gasteiger partial charge in [0, 0.05) is 21.3 Å². The molecule has 0 aromatic carbocycles. The second kappa shape index (κ2) is 4.88. The van der Waals surface area contributed by atoms with Crippen LogP contribution in [0.2, 0.25) is 0 Å². The van der Waals surface area contributed by atoms with Crippen LogP contribution in [0.25, 0.3) is 0 Å². The van der Waals surface area contributed by atoms with Crippen LogP contribution >= 0.6 is 0 Å². The molecule has 0 bridgehead atoms. The highest BCUT2D eigenvalue weighted by atomic mass is 16.7. The number of ether oxygens (including phenoxy) is 4. The van der Waals surface area contributed by atoms with Crippen LogP contribution in [-0.4, -0.2) is 57.6 Å². The molecule has 5 nitrogen and oxygen atoms in total. The zero-order valence-corrected chi connectivity index (χ0v) is 8.10. The first-order valence-corrected chi connectivity index (χ1v) is 4.12. The molecule has 0 unspecified atom stereocenters. The van der Waals surface area contributed by atoms with Crippen molar-refractivity contribution in [1.82, 2.24) is 0 Å². The molecule has 1 N–H and O–H groups in total. The summed E-state index contributed by atoms with van der Waals surface area (Å²) in [6, 6.07) is 0. The Morgan fingerprint density at radius 3 is 2.15 bits per heavy atom. The number of methoxy groups -OCH3 is 3. The highest BCUT2D eigenvalue weighted by Gasteiger charge is 2.40. The van der Waals surface area contributed by atoms with E-state index >= 15 is 0 Å². The Hall–Kier alpha value is -0.200. The molecule has 1 fully saturated rings. The maximum Gasteiger partial charge on any atom is 0.183 e. The maximum absolute atomic E-state index is 9.40. The van der Waals surface area contributed by atoms with Crippen LogP contribution in [0, 0.1) is 0 Å². The largest absolute Gasteiger partial charge is 0.376 e. The van der Waals surface area contributed by atoms with Gasteiger partial charge in [0.15, 0.2) is 6.29 Å². The van der Waals surface area contributed by atoms with Gasteiger partial charge in [-0.1, -0.05) is 0 Å². The molecule has 0 aromatic rings. The maximum atomic E-state index is 9.40. The third-order valence-corrected chi connectivity index (χ3v) is 2.25. The summed E-state index contributed by atoms with van der Waals surface area (Å²) >= 11 is 0. The van der Waals surface area contributed by atoms with Gasteiger partial charge >= 0.3 is 0 Å². The molecule has 0 aromatic heterocycles. The minimum atomic E-state index is -0.943. The molecule has 1 rings (SSSR count). The summed E-state index contributed by atoms with van der Waals surface area (Å²) in [4.78, 5) is 0. The smallest absolute Gasteiger partial charge is 0.183 e. The molecule has 0 aliphatic carbocycles. The predicted molar refractivity (Wildman–Crippen MR) is 44.3 cm³/mol. The zero-order chi connectivity index (χ0) is 9.84. The first kappa shape index (κ1) is 10.9. The summed E-state index contributed by atoms with van der Waals surface area (Å²) in [5.74, 6) is 0. The lowest BCUT2D eigenvalue weighted by Gasteiger charge is -2.38. The van der Waals surface area contributed by atoms with Crippen LogP contribution in [0.3, 0.4) is 0 Å². The van der Waals surface area contributed by atoms with Crippen LogP contribution in [0.1, 0.15) is 0 Å². The van der Waals surface area contributed by atoms with Crippen molar-refractivity contribution in [2.75, 3.05) is 27.9 Å². The van der Waals surface area contributed by atoms with E-state index in [1.54, 1.807) is 14.2 Å². The molecule has 0 spiro atoms. The van der Waals surface area contributed by atoms with Gasteiger partial charge < -0.3 is 24.1 Å². The molecule has 0 amide bonds. The Morgan fingerprint density at radius 2 is 1.69 bits per heavy atom. The lowest BCUT2D eigenvalue weighted by Crippen LogP contribution is -2.55. The van der Waals surface area contributed by atoms with E-state index in [2.05, 4.69) is 0 Å². The van der Waals surface area contributed by atoms with E-state index < -0.39 is 12.4 Å². The topological polar surface area (TPSA) is 57.2 Å². The first-order valence-electron chi connectivity index (χ1n) is 4.12. The van der Waals surface area contributed by atoms with Crippen molar-refractivity contribution in [2.45, 2.75) is 24.6 Å². The van der Waals surface area contributed by atoms with Gasteiger partial charge in [-0.15, -0.1) is 0 Å². The van der Waals surface area contributed by atoms with Crippen LogP contribution in [0.4, 0.5) is 0 Å². The fourth-order valence-electron chi connectivity index (χ4n) is 1.50. The monoisotopic (exact) mass is 192 g/mol. The molecule has 13 heavy (non-hydrogen) atoms. The SMILES string of the molecule is CO[C@@H]1[C@H](OC)[C@H](O)OC[C@H]1OC. The van der Waals surface area contributed by atoms with E-state index in [0.29, 0.717) is 6.61 Å². The third-order valence-electron chi connectivity index (χ3n) is 2.25. The average molecular weight is 192 g/mol. The van der Waals surface area contributed by atoms with Crippen LogP contribution < -0.4 is 0 Å². The second-order valence-electron chi connectivity index (χ2n) is 2.90. The van der Waals surface area contributed by atoms with Gasteiger partial charge in [-0.25, -0.2) is 0 Å². The van der Waals surface area contributed by atoms with E-state index in [0.717, 1.165) is 0 Å². The molecule has 1 aliphatic heterocycles. The van der Waals surface area contributed by atoms with Crippen LogP contribution in [-0.2, 0) is 18.9 Å². The molecule has 1 heterocycles. The number of aliphatic hydroxyl groups is 1. The Bertz CT molecular complexity index is 151. The average Bonchev–Trinajstić information content (AvgIpc) is 2.17. The van der Waals surface area contributed by atoms with E-state index in [1.807, 2.05) is 0 Å². The quantitative estimate of drug-likeness (QED) is 0.646. The summed E-state index contributed by atoms with van der Waals surface area (Å²) < 4.78 is 20.4. The Labute approximate surface area is 77.5 Å². The Kier molecular flexibility index (Phi) is 4.08. The second-order valence-corrected chi connectivity index (χ2v) is 2.90. The summed E-state index contributed by atoms with van der Waals surface area (Å²) in [6.45, 7) is 0.316. The molecule has 0 saturated carbocycles. The molecule has 1 saturated heterocycles. The van der Waals surface area contributed by atoms with Gasteiger partial charge in [-0.3, -0.25) is 0 Å². The lowest BCUT2D eigenvalue weighted by molar-refractivity contribution is -0.267. The highest BCUT2D eigenvalue weighted by molar-refractivity contribution is 4.85. The van der Waals surface area contributed by atoms with Crippen molar-refractivity contribution in [3.63, 3.8) is 0 Å². The molecular weight excluding hydrogens is 176 g/mol. The zero-order valence-electron chi connectivity index (χ0n) is 8.10. The highest BCUT2D eigenvalue weighted by Crippen LogP contribution is 2.20. The van der Waals surface area contributed by atoms with Gasteiger partial charge in [-0.05, 0) is 0 Å². The van der Waals surface area contributed by atoms with Crippen molar-refractivity contribution in [2.24, 2.45) is 0 Å². The van der Waals surface area contributed by atoms with Gasteiger partial charge in [0.1, 0.15) is 18.3 Å². The Morgan fingerprint density at radius 1 is 1.08 bits per heavy atom. The van der Waals surface area contributed by atoms with E-state index in [1.165, 1.54) is 7.11 Å². The lowest BCUT2D eigenvalue weighted by atomic mass is 10.1. The van der Waals surface area contributed by atoms with Crippen molar-refractivity contribution < 1.29 is 24.1 Å².